The van der Waals surface area contributed by atoms with Gasteiger partial charge in [-0.2, -0.15) is 0 Å². The highest BCUT2D eigenvalue weighted by atomic mass is 16.5. The molecule has 0 saturated carbocycles. The molecule has 0 heterocycles. The normalized spacial score (nSPS) is 12.5. The highest BCUT2D eigenvalue weighted by Gasteiger charge is 2.02. The molecule has 37 heavy (non-hydrogen) atoms. The summed E-state index contributed by atoms with van der Waals surface area (Å²) >= 11 is 0. The van der Waals surface area contributed by atoms with Crippen molar-refractivity contribution in [1.82, 2.24) is 0 Å². The van der Waals surface area contributed by atoms with E-state index in [2.05, 4.69) is 60.2 Å². The Bertz CT molecular complexity index is 680. The van der Waals surface area contributed by atoms with E-state index in [4.69, 9.17) is 4.74 Å². The van der Waals surface area contributed by atoms with Crippen LogP contribution in [0.15, 0.2) is 54.6 Å². The molecule has 3 nitrogen and oxygen atoms in total. The van der Waals surface area contributed by atoms with Crippen LogP contribution in [-0.4, -0.2) is 19.2 Å². The first kappa shape index (κ1) is 33.2. The fourth-order valence-corrected chi connectivity index (χ4v) is 4.49. The van der Waals surface area contributed by atoms with Crippen LogP contribution in [0.1, 0.15) is 134 Å². The summed E-state index contributed by atoms with van der Waals surface area (Å²) in [5, 5.41) is 0. The van der Waals surface area contributed by atoms with Gasteiger partial charge >= 0.3 is 5.97 Å². The molecule has 1 rings (SSSR count). The lowest BCUT2D eigenvalue weighted by Crippen LogP contribution is -2.06. The third-order valence-electron chi connectivity index (χ3n) is 6.89. The van der Waals surface area contributed by atoms with Crippen LogP contribution >= 0.6 is 0 Å². The number of carbonyl (C=O) groups is 1. The maximum Gasteiger partial charge on any atom is 0.305 e. The summed E-state index contributed by atoms with van der Waals surface area (Å²) in [5.41, 5.74) is 1.22. The molecule has 1 aromatic rings. The maximum atomic E-state index is 11.1. The lowest BCUT2D eigenvalue weighted by Gasteiger charge is -2.11. The minimum absolute atomic E-state index is 0.0432. The Morgan fingerprint density at radius 2 is 1.19 bits per heavy atom. The summed E-state index contributed by atoms with van der Waals surface area (Å²) in [6.45, 7) is 2.93. The number of esters is 1. The summed E-state index contributed by atoms with van der Waals surface area (Å²) in [7, 11) is 1.46. The third-order valence-corrected chi connectivity index (χ3v) is 6.89. The summed E-state index contributed by atoms with van der Waals surface area (Å²) in [4.78, 5) is 11.1. The molecule has 0 amide bonds. The molecule has 0 aliphatic heterocycles. The van der Waals surface area contributed by atoms with Gasteiger partial charge in [0.2, 0.25) is 0 Å². The van der Waals surface area contributed by atoms with Gasteiger partial charge in [-0.05, 0) is 37.7 Å². The molecule has 0 radical (unpaired) electrons. The topological polar surface area (TPSA) is 35.5 Å². The van der Waals surface area contributed by atoms with Crippen molar-refractivity contribution in [3.05, 3.63) is 60.2 Å². The number of allylic oxidation sites excluding steroid dienone is 2. The molecular formula is C34H56O3. The first-order chi connectivity index (χ1) is 18.3. The fraction of sp³-hybridized carbons (Fsp3) is 0.676. The van der Waals surface area contributed by atoms with E-state index in [9.17, 15) is 4.79 Å². The van der Waals surface area contributed by atoms with Crippen molar-refractivity contribution in [3.63, 3.8) is 0 Å². The first-order valence-corrected chi connectivity index (χ1v) is 15.3. The van der Waals surface area contributed by atoms with E-state index < -0.39 is 0 Å². The predicted octanol–water partition coefficient (Wildman–Crippen LogP) is 10.3. The van der Waals surface area contributed by atoms with Crippen LogP contribution in [0.4, 0.5) is 0 Å². The Labute approximate surface area is 229 Å². The van der Waals surface area contributed by atoms with Gasteiger partial charge in [-0.1, -0.05) is 145 Å². The lowest BCUT2D eigenvalue weighted by atomic mass is 10.1. The van der Waals surface area contributed by atoms with Gasteiger partial charge in [-0.15, -0.1) is 0 Å². The Hall–Kier alpha value is -1.87. The Morgan fingerprint density at radius 1 is 0.703 bits per heavy atom. The van der Waals surface area contributed by atoms with E-state index in [0.29, 0.717) is 13.0 Å². The highest BCUT2D eigenvalue weighted by Crippen LogP contribution is 2.13. The van der Waals surface area contributed by atoms with Crippen molar-refractivity contribution in [2.45, 2.75) is 142 Å². The van der Waals surface area contributed by atoms with E-state index in [1.165, 1.54) is 103 Å². The molecule has 0 bridgehead atoms. The van der Waals surface area contributed by atoms with Crippen LogP contribution in [0.25, 0.3) is 0 Å². The van der Waals surface area contributed by atoms with Gasteiger partial charge in [0, 0.05) is 6.42 Å². The Balaban J connectivity index is 2.21. The summed E-state index contributed by atoms with van der Waals surface area (Å²) < 4.78 is 10.9. The number of benzene rings is 1. The highest BCUT2D eigenvalue weighted by molar-refractivity contribution is 5.68. The first-order valence-electron chi connectivity index (χ1n) is 15.3. The lowest BCUT2D eigenvalue weighted by molar-refractivity contribution is -0.140. The van der Waals surface area contributed by atoms with Crippen LogP contribution in [0.3, 0.4) is 0 Å². The molecule has 0 unspecified atom stereocenters. The van der Waals surface area contributed by atoms with Gasteiger partial charge in [-0.25, -0.2) is 0 Å². The summed E-state index contributed by atoms with van der Waals surface area (Å²) in [6, 6.07) is 10.4. The average Bonchev–Trinajstić information content (AvgIpc) is 2.93. The van der Waals surface area contributed by atoms with E-state index in [1.54, 1.807) is 0 Å². The summed E-state index contributed by atoms with van der Waals surface area (Å²) in [6.07, 6.45) is 32.7. The minimum atomic E-state index is -0.0910. The molecule has 0 N–H and O–H groups in total. The molecule has 0 aromatic heterocycles. The predicted molar refractivity (Wildman–Crippen MR) is 159 cm³/mol. The second-order valence-corrected chi connectivity index (χ2v) is 10.3. The minimum Gasteiger partial charge on any atom is -0.469 e. The number of hydrogen-bond acceptors (Lipinski definition) is 3. The zero-order valence-electron chi connectivity index (χ0n) is 24.1. The van der Waals surface area contributed by atoms with Gasteiger partial charge in [0.05, 0.1) is 19.8 Å². The Morgan fingerprint density at radius 3 is 1.70 bits per heavy atom. The van der Waals surface area contributed by atoms with Crippen molar-refractivity contribution in [2.24, 2.45) is 0 Å². The molecule has 0 aliphatic carbocycles. The number of unbranched alkanes of at least 4 members (excludes halogenated alkanes) is 16. The molecule has 0 spiro atoms. The molecular weight excluding hydrogens is 456 g/mol. The van der Waals surface area contributed by atoms with Gasteiger partial charge in [-0.3, -0.25) is 4.79 Å². The van der Waals surface area contributed by atoms with E-state index >= 15 is 0 Å². The summed E-state index contributed by atoms with van der Waals surface area (Å²) in [5.74, 6) is -0.0910. The van der Waals surface area contributed by atoms with Gasteiger partial charge in [0.1, 0.15) is 0 Å². The van der Waals surface area contributed by atoms with Gasteiger partial charge in [0.15, 0.2) is 0 Å². The van der Waals surface area contributed by atoms with Crippen molar-refractivity contribution < 1.29 is 14.3 Å². The molecule has 0 fully saturated rings. The standard InChI is InChI=1S/C34H56O3/c1-3-4-5-6-7-8-9-10-11-14-17-23-28-33(37-31-32-26-21-20-22-27-32)29-24-18-15-12-13-16-19-25-30-34(35)36-2/h20-24,26-29,33H,3-19,25,30-31H2,1-2H3/b28-23-,29-24-/t33-/m0/s1. The van der Waals surface area contributed by atoms with Crippen molar-refractivity contribution in [1.29, 1.82) is 0 Å². The van der Waals surface area contributed by atoms with E-state index in [1.807, 2.05) is 6.07 Å². The van der Waals surface area contributed by atoms with Crippen LogP contribution in [0.2, 0.25) is 0 Å². The maximum absolute atomic E-state index is 11.1. The monoisotopic (exact) mass is 512 g/mol. The Kier molecular flexibility index (Phi) is 23.1. The van der Waals surface area contributed by atoms with Gasteiger partial charge < -0.3 is 9.47 Å². The molecule has 210 valence electrons. The van der Waals surface area contributed by atoms with E-state index in [0.717, 1.165) is 25.7 Å². The SMILES string of the molecule is CCCCCCCCCCCC/C=C\[C@@H](/C=C\CCCCCCCCC(=O)OC)OCc1ccccc1. The number of methoxy groups -OCH3 is 1. The van der Waals surface area contributed by atoms with Crippen LogP contribution < -0.4 is 0 Å². The zero-order valence-corrected chi connectivity index (χ0v) is 24.1. The number of hydrogen-bond donors (Lipinski definition) is 0. The molecule has 0 saturated heterocycles. The molecule has 3 heteroatoms. The number of carbonyl (C=O) groups excluding carboxylic acids is 1. The van der Waals surface area contributed by atoms with Crippen LogP contribution in [0.5, 0.6) is 0 Å². The number of ether oxygens (including phenoxy) is 2. The van der Waals surface area contributed by atoms with Crippen LogP contribution in [0, 0.1) is 0 Å². The van der Waals surface area contributed by atoms with Gasteiger partial charge in [0.25, 0.3) is 0 Å². The average molecular weight is 513 g/mol. The molecule has 1 atom stereocenters. The quantitative estimate of drug-likeness (QED) is 0.0742. The van der Waals surface area contributed by atoms with Crippen molar-refractivity contribution in [3.8, 4) is 0 Å². The zero-order chi connectivity index (χ0) is 26.7. The van der Waals surface area contributed by atoms with Crippen molar-refractivity contribution in [2.75, 3.05) is 7.11 Å². The second kappa shape index (κ2) is 25.8. The molecule has 1 aromatic carbocycles. The number of rotatable bonds is 25. The smallest absolute Gasteiger partial charge is 0.305 e. The third kappa shape index (κ3) is 21.9. The fourth-order valence-electron chi connectivity index (χ4n) is 4.49. The second-order valence-electron chi connectivity index (χ2n) is 10.3. The van der Waals surface area contributed by atoms with Crippen LogP contribution in [-0.2, 0) is 20.9 Å². The van der Waals surface area contributed by atoms with Crippen molar-refractivity contribution >= 4 is 5.97 Å². The van der Waals surface area contributed by atoms with E-state index in [-0.39, 0.29) is 12.1 Å². The molecule has 0 aliphatic rings. The largest absolute Gasteiger partial charge is 0.469 e.